The van der Waals surface area contributed by atoms with Crippen molar-refractivity contribution in [1.82, 2.24) is 4.98 Å². The molecule has 4 nitrogen and oxygen atoms in total. The zero-order valence-corrected chi connectivity index (χ0v) is 11.4. The number of nitrogens with zero attached hydrogens (tertiary/aromatic N) is 1. The Hall–Kier alpha value is -1.10. The molecule has 1 rings (SSSR count). The number of carboxylic acids is 1. The summed E-state index contributed by atoms with van der Waals surface area (Å²) in [7, 11) is 0. The van der Waals surface area contributed by atoms with Gasteiger partial charge in [0.2, 0.25) is 0 Å². The molecule has 0 aliphatic heterocycles. The Bertz CT molecular complexity index is 374. The summed E-state index contributed by atoms with van der Waals surface area (Å²) in [6.07, 6.45) is 2.84. The van der Waals surface area contributed by atoms with Crippen molar-refractivity contribution in [2.45, 2.75) is 52.0 Å². The van der Waals surface area contributed by atoms with Gasteiger partial charge in [0.25, 0.3) is 0 Å². The van der Waals surface area contributed by atoms with Crippen molar-refractivity contribution < 1.29 is 9.90 Å². The van der Waals surface area contributed by atoms with Gasteiger partial charge in [0.05, 0.1) is 12.1 Å². The summed E-state index contributed by atoms with van der Waals surface area (Å²) in [5.74, 6) is -0.779. The number of carbonyl (C=O) groups is 1. The van der Waals surface area contributed by atoms with Gasteiger partial charge in [-0.05, 0) is 20.3 Å². The van der Waals surface area contributed by atoms with Crippen LogP contribution in [0.5, 0.6) is 0 Å². The predicted molar refractivity (Wildman–Crippen MR) is 70.7 cm³/mol. The van der Waals surface area contributed by atoms with Gasteiger partial charge < -0.3 is 10.4 Å². The Balaban J connectivity index is 2.53. The van der Waals surface area contributed by atoms with Crippen LogP contribution in [0.1, 0.15) is 45.7 Å². The maximum atomic E-state index is 10.5. The van der Waals surface area contributed by atoms with E-state index >= 15 is 0 Å². The van der Waals surface area contributed by atoms with Gasteiger partial charge >= 0.3 is 5.97 Å². The standard InChI is InChI=1S/C12H20N2O2S/c1-4-7-12(2,3)14-11-13-9(8-17-11)5-6-10(15)16/h8H,4-7H2,1-3H3,(H,13,14)(H,15,16). The third-order valence-electron chi connectivity index (χ3n) is 2.47. The van der Waals surface area contributed by atoms with Crippen LogP contribution in [0.3, 0.4) is 0 Å². The topological polar surface area (TPSA) is 62.2 Å². The molecule has 0 bridgehead atoms. The van der Waals surface area contributed by atoms with Crippen molar-refractivity contribution in [1.29, 1.82) is 0 Å². The van der Waals surface area contributed by atoms with Gasteiger partial charge in [-0.2, -0.15) is 0 Å². The smallest absolute Gasteiger partial charge is 0.303 e. The first kappa shape index (κ1) is 14.0. The van der Waals surface area contributed by atoms with E-state index < -0.39 is 5.97 Å². The van der Waals surface area contributed by atoms with Gasteiger partial charge in [0.15, 0.2) is 5.13 Å². The van der Waals surface area contributed by atoms with Crippen LogP contribution in [0.2, 0.25) is 0 Å². The van der Waals surface area contributed by atoms with Gasteiger partial charge in [0, 0.05) is 17.3 Å². The molecule has 5 heteroatoms. The third-order valence-corrected chi connectivity index (χ3v) is 3.27. The fourth-order valence-electron chi connectivity index (χ4n) is 1.69. The van der Waals surface area contributed by atoms with Crippen LogP contribution in [-0.4, -0.2) is 21.6 Å². The quantitative estimate of drug-likeness (QED) is 0.786. The van der Waals surface area contributed by atoms with Crippen molar-refractivity contribution in [2.75, 3.05) is 5.32 Å². The monoisotopic (exact) mass is 256 g/mol. The second-order valence-electron chi connectivity index (χ2n) is 4.80. The molecule has 2 N–H and O–H groups in total. The minimum atomic E-state index is -0.779. The lowest BCUT2D eigenvalue weighted by atomic mass is 10.00. The molecular formula is C12H20N2O2S. The van der Waals surface area contributed by atoms with Crippen LogP contribution in [0.15, 0.2) is 5.38 Å². The predicted octanol–water partition coefficient (Wildman–Crippen LogP) is 3.15. The first-order chi connectivity index (χ1) is 7.93. The number of carboxylic acid groups (broad SMARTS) is 1. The third kappa shape index (κ3) is 5.17. The number of hydrogen-bond acceptors (Lipinski definition) is 4. The SMILES string of the molecule is CCCC(C)(C)Nc1nc(CCC(=O)O)cs1. The Kier molecular flexibility index (Phi) is 4.93. The molecule has 0 aliphatic carbocycles. The highest BCUT2D eigenvalue weighted by atomic mass is 32.1. The molecule has 0 aromatic carbocycles. The molecule has 0 unspecified atom stereocenters. The van der Waals surface area contributed by atoms with Gasteiger partial charge in [0.1, 0.15) is 0 Å². The molecule has 0 atom stereocenters. The van der Waals surface area contributed by atoms with Crippen LogP contribution in [-0.2, 0) is 11.2 Å². The lowest BCUT2D eigenvalue weighted by Crippen LogP contribution is -2.30. The highest BCUT2D eigenvalue weighted by Gasteiger charge is 2.17. The van der Waals surface area contributed by atoms with Crippen molar-refractivity contribution in [3.8, 4) is 0 Å². The summed E-state index contributed by atoms with van der Waals surface area (Å²) in [6.45, 7) is 6.45. The van der Waals surface area contributed by atoms with Crippen molar-refractivity contribution in [3.63, 3.8) is 0 Å². The molecule has 0 radical (unpaired) electrons. The first-order valence-electron chi connectivity index (χ1n) is 5.87. The van der Waals surface area contributed by atoms with E-state index in [9.17, 15) is 4.79 Å². The molecule has 0 amide bonds. The minimum absolute atomic E-state index is 0.0384. The van der Waals surface area contributed by atoms with Gasteiger partial charge in [-0.3, -0.25) is 4.79 Å². The molecular weight excluding hydrogens is 236 g/mol. The molecule has 17 heavy (non-hydrogen) atoms. The van der Waals surface area contributed by atoms with Gasteiger partial charge in [-0.15, -0.1) is 11.3 Å². The second kappa shape index (κ2) is 6.00. The van der Waals surface area contributed by atoms with E-state index in [4.69, 9.17) is 5.11 Å². The lowest BCUT2D eigenvalue weighted by Gasteiger charge is -2.25. The number of aromatic nitrogens is 1. The maximum Gasteiger partial charge on any atom is 0.303 e. The second-order valence-corrected chi connectivity index (χ2v) is 5.65. The summed E-state index contributed by atoms with van der Waals surface area (Å²) >= 11 is 1.54. The van der Waals surface area contributed by atoms with Gasteiger partial charge in [-0.25, -0.2) is 4.98 Å². The fraction of sp³-hybridized carbons (Fsp3) is 0.667. The molecule has 1 aromatic rings. The Morgan fingerprint density at radius 3 is 2.88 bits per heavy atom. The van der Waals surface area contributed by atoms with Crippen LogP contribution >= 0.6 is 11.3 Å². The number of aryl methyl sites for hydroxylation is 1. The van der Waals surface area contributed by atoms with E-state index in [0.29, 0.717) is 6.42 Å². The Morgan fingerprint density at radius 2 is 2.29 bits per heavy atom. The molecule has 0 fully saturated rings. The summed E-state index contributed by atoms with van der Waals surface area (Å²) in [5.41, 5.74) is 0.892. The molecule has 1 aromatic heterocycles. The van der Waals surface area contributed by atoms with E-state index in [-0.39, 0.29) is 12.0 Å². The molecule has 96 valence electrons. The lowest BCUT2D eigenvalue weighted by molar-refractivity contribution is -0.136. The number of rotatable bonds is 7. The Morgan fingerprint density at radius 1 is 1.59 bits per heavy atom. The Labute approximate surface area is 106 Å². The molecule has 0 spiro atoms. The van der Waals surface area contributed by atoms with Crippen molar-refractivity contribution in [3.05, 3.63) is 11.1 Å². The normalized spacial score (nSPS) is 11.5. The minimum Gasteiger partial charge on any atom is -0.481 e. The van der Waals surface area contributed by atoms with Crippen LogP contribution < -0.4 is 5.32 Å². The molecule has 1 heterocycles. The highest BCUT2D eigenvalue weighted by Crippen LogP contribution is 2.23. The number of aliphatic carboxylic acids is 1. The number of nitrogens with one attached hydrogen (secondary N) is 1. The van der Waals surface area contributed by atoms with E-state index in [2.05, 4.69) is 31.1 Å². The summed E-state index contributed by atoms with van der Waals surface area (Å²) < 4.78 is 0. The molecule has 0 saturated carbocycles. The van der Waals surface area contributed by atoms with E-state index in [1.807, 2.05) is 5.38 Å². The van der Waals surface area contributed by atoms with E-state index in [1.54, 1.807) is 0 Å². The molecule has 0 aliphatic rings. The number of anilines is 1. The van der Waals surface area contributed by atoms with Crippen LogP contribution in [0.25, 0.3) is 0 Å². The number of hydrogen-bond donors (Lipinski definition) is 2. The summed E-state index contributed by atoms with van der Waals surface area (Å²) in [6, 6.07) is 0. The summed E-state index contributed by atoms with van der Waals surface area (Å²) in [5, 5.41) is 14.8. The first-order valence-corrected chi connectivity index (χ1v) is 6.75. The van der Waals surface area contributed by atoms with Gasteiger partial charge in [-0.1, -0.05) is 13.3 Å². The van der Waals surface area contributed by atoms with Crippen molar-refractivity contribution in [2.24, 2.45) is 0 Å². The zero-order valence-electron chi connectivity index (χ0n) is 10.6. The van der Waals surface area contributed by atoms with Crippen LogP contribution in [0.4, 0.5) is 5.13 Å². The summed E-state index contributed by atoms with van der Waals surface area (Å²) in [4.78, 5) is 14.8. The fourth-order valence-corrected chi connectivity index (χ4v) is 2.61. The average molecular weight is 256 g/mol. The zero-order chi connectivity index (χ0) is 12.9. The van der Waals surface area contributed by atoms with E-state index in [1.165, 1.54) is 11.3 Å². The van der Waals surface area contributed by atoms with Crippen molar-refractivity contribution >= 4 is 22.4 Å². The number of thiazole rings is 1. The van der Waals surface area contributed by atoms with Crippen LogP contribution in [0, 0.1) is 0 Å². The highest BCUT2D eigenvalue weighted by molar-refractivity contribution is 7.13. The average Bonchev–Trinajstić information content (AvgIpc) is 2.61. The largest absolute Gasteiger partial charge is 0.481 e. The maximum absolute atomic E-state index is 10.5. The molecule has 0 saturated heterocycles. The van der Waals surface area contributed by atoms with E-state index in [0.717, 1.165) is 23.7 Å².